The molecule has 2 nitrogen and oxygen atoms in total. The fourth-order valence-corrected chi connectivity index (χ4v) is 2.64. The molecule has 1 aromatic heterocycles. The summed E-state index contributed by atoms with van der Waals surface area (Å²) in [6, 6.07) is 6.96. The summed E-state index contributed by atoms with van der Waals surface area (Å²) in [5.74, 6) is 0.510. The van der Waals surface area contributed by atoms with E-state index in [0.717, 1.165) is 17.7 Å². The molecule has 1 atom stereocenters. The van der Waals surface area contributed by atoms with Crippen molar-refractivity contribution in [1.29, 1.82) is 0 Å². The van der Waals surface area contributed by atoms with Crippen LogP contribution in [0, 0.1) is 19.7 Å². The fourth-order valence-electron chi connectivity index (χ4n) is 2.32. The van der Waals surface area contributed by atoms with Crippen molar-refractivity contribution >= 4 is 15.9 Å². The van der Waals surface area contributed by atoms with Crippen LogP contribution in [0.1, 0.15) is 35.4 Å². The molecule has 0 amide bonds. The Labute approximate surface area is 121 Å². The molecule has 0 spiro atoms. The Morgan fingerprint density at radius 1 is 1.32 bits per heavy atom. The van der Waals surface area contributed by atoms with Gasteiger partial charge in [0.05, 0.1) is 6.04 Å². The second kappa shape index (κ2) is 5.88. The smallest absolute Gasteiger partial charge is 0.169 e. The Hall–Kier alpha value is -1.13. The van der Waals surface area contributed by atoms with E-state index in [0.29, 0.717) is 16.0 Å². The van der Waals surface area contributed by atoms with Crippen molar-refractivity contribution in [2.45, 2.75) is 26.8 Å². The molecule has 0 aliphatic heterocycles. The first-order valence-corrected chi connectivity index (χ1v) is 7.07. The molecule has 2 aromatic rings. The van der Waals surface area contributed by atoms with Crippen molar-refractivity contribution in [3.8, 4) is 0 Å². The van der Waals surface area contributed by atoms with E-state index in [9.17, 15) is 4.39 Å². The van der Waals surface area contributed by atoms with Gasteiger partial charge >= 0.3 is 0 Å². The number of hydrogen-bond donors (Lipinski definition) is 1. The molecule has 0 aliphatic carbocycles. The third kappa shape index (κ3) is 3.07. The molecular formula is C15H17BrFNO. The SMILES string of the molecule is CCNC(c1ccc(Br)o1)c1c(C)cc(C)cc1F. The van der Waals surface area contributed by atoms with Crippen molar-refractivity contribution in [3.05, 3.63) is 57.2 Å². The lowest BCUT2D eigenvalue weighted by molar-refractivity contribution is 0.427. The number of furan rings is 1. The van der Waals surface area contributed by atoms with Gasteiger partial charge < -0.3 is 9.73 Å². The van der Waals surface area contributed by atoms with E-state index in [1.54, 1.807) is 6.07 Å². The van der Waals surface area contributed by atoms with E-state index in [-0.39, 0.29) is 11.9 Å². The number of halogens is 2. The van der Waals surface area contributed by atoms with Gasteiger partial charge in [0.15, 0.2) is 4.67 Å². The monoisotopic (exact) mass is 325 g/mol. The lowest BCUT2D eigenvalue weighted by Crippen LogP contribution is -2.23. The predicted molar refractivity (Wildman–Crippen MR) is 77.8 cm³/mol. The zero-order chi connectivity index (χ0) is 14.0. The maximum atomic E-state index is 14.3. The van der Waals surface area contributed by atoms with E-state index in [1.165, 1.54) is 0 Å². The highest BCUT2D eigenvalue weighted by molar-refractivity contribution is 9.10. The normalized spacial score (nSPS) is 12.7. The number of rotatable bonds is 4. The van der Waals surface area contributed by atoms with E-state index in [2.05, 4.69) is 21.2 Å². The topological polar surface area (TPSA) is 25.2 Å². The van der Waals surface area contributed by atoms with E-state index < -0.39 is 0 Å². The second-order valence-electron chi connectivity index (χ2n) is 4.61. The largest absolute Gasteiger partial charge is 0.452 e. The lowest BCUT2D eigenvalue weighted by atomic mass is 9.96. The molecule has 2 rings (SSSR count). The van der Waals surface area contributed by atoms with Crippen LogP contribution in [-0.4, -0.2) is 6.54 Å². The zero-order valence-corrected chi connectivity index (χ0v) is 12.8. The standard InChI is InChI=1S/C15H17BrFNO/c1-4-18-15(12-5-6-13(16)19-12)14-10(3)7-9(2)8-11(14)17/h5-8,15,18H,4H2,1-3H3. The van der Waals surface area contributed by atoms with Gasteiger partial charge in [0.2, 0.25) is 0 Å². The predicted octanol–water partition coefficient (Wildman–Crippen LogP) is 4.50. The van der Waals surface area contributed by atoms with Crippen LogP contribution in [0.4, 0.5) is 4.39 Å². The quantitative estimate of drug-likeness (QED) is 0.895. The number of hydrogen-bond acceptors (Lipinski definition) is 2. The van der Waals surface area contributed by atoms with Crippen LogP contribution in [0.5, 0.6) is 0 Å². The first-order valence-electron chi connectivity index (χ1n) is 6.28. The highest BCUT2D eigenvalue weighted by Gasteiger charge is 2.22. The molecule has 1 N–H and O–H groups in total. The summed E-state index contributed by atoms with van der Waals surface area (Å²) in [5.41, 5.74) is 2.50. The average Bonchev–Trinajstić information content (AvgIpc) is 2.73. The third-order valence-electron chi connectivity index (χ3n) is 3.06. The van der Waals surface area contributed by atoms with Gasteiger partial charge in [-0.3, -0.25) is 0 Å². The summed E-state index contributed by atoms with van der Waals surface area (Å²) in [6.07, 6.45) is 0. The summed E-state index contributed by atoms with van der Waals surface area (Å²) < 4.78 is 20.5. The molecule has 1 aromatic carbocycles. The molecule has 0 bridgehead atoms. The summed E-state index contributed by atoms with van der Waals surface area (Å²) in [5, 5.41) is 3.28. The molecule has 0 saturated carbocycles. The molecule has 0 saturated heterocycles. The van der Waals surface area contributed by atoms with Crippen molar-refractivity contribution < 1.29 is 8.81 Å². The molecular weight excluding hydrogens is 309 g/mol. The Bertz CT molecular complexity index is 556. The first kappa shape index (κ1) is 14.3. The van der Waals surface area contributed by atoms with Gasteiger partial charge in [-0.25, -0.2) is 4.39 Å². The Morgan fingerprint density at radius 2 is 2.05 bits per heavy atom. The van der Waals surface area contributed by atoms with Gasteiger partial charge in [0, 0.05) is 5.56 Å². The van der Waals surface area contributed by atoms with Crippen LogP contribution < -0.4 is 5.32 Å². The van der Waals surface area contributed by atoms with Gasteiger partial charge in [-0.15, -0.1) is 0 Å². The fraction of sp³-hybridized carbons (Fsp3) is 0.333. The number of benzene rings is 1. The number of aryl methyl sites for hydroxylation is 2. The van der Waals surface area contributed by atoms with Gasteiger partial charge in [-0.05, 0) is 65.6 Å². The highest BCUT2D eigenvalue weighted by atomic mass is 79.9. The average molecular weight is 326 g/mol. The first-order chi connectivity index (χ1) is 9.02. The minimum atomic E-state index is -0.267. The van der Waals surface area contributed by atoms with Gasteiger partial charge in [0.25, 0.3) is 0 Å². The summed E-state index contributed by atoms with van der Waals surface area (Å²) in [7, 11) is 0. The Kier molecular flexibility index (Phi) is 4.42. The molecule has 0 aliphatic rings. The highest BCUT2D eigenvalue weighted by Crippen LogP contribution is 2.30. The van der Waals surface area contributed by atoms with Crippen LogP contribution in [0.25, 0.3) is 0 Å². The number of nitrogens with one attached hydrogen (secondary N) is 1. The molecule has 4 heteroatoms. The maximum Gasteiger partial charge on any atom is 0.169 e. The summed E-state index contributed by atoms with van der Waals surface area (Å²) in [4.78, 5) is 0. The molecule has 1 unspecified atom stereocenters. The third-order valence-corrected chi connectivity index (χ3v) is 3.48. The zero-order valence-electron chi connectivity index (χ0n) is 11.3. The second-order valence-corrected chi connectivity index (χ2v) is 5.39. The van der Waals surface area contributed by atoms with Crippen molar-refractivity contribution in [3.63, 3.8) is 0 Å². The van der Waals surface area contributed by atoms with Crippen LogP contribution >= 0.6 is 15.9 Å². The molecule has 1 heterocycles. The minimum Gasteiger partial charge on any atom is -0.452 e. The minimum absolute atomic E-state index is 0.198. The van der Waals surface area contributed by atoms with E-state index in [4.69, 9.17) is 4.42 Å². The molecule has 0 radical (unpaired) electrons. The van der Waals surface area contributed by atoms with Crippen LogP contribution in [0.2, 0.25) is 0 Å². The van der Waals surface area contributed by atoms with Crippen LogP contribution in [0.15, 0.2) is 33.4 Å². The molecule has 102 valence electrons. The van der Waals surface area contributed by atoms with E-state index in [1.807, 2.05) is 39.0 Å². The molecule has 0 fully saturated rings. The van der Waals surface area contributed by atoms with Gasteiger partial charge in [-0.2, -0.15) is 0 Å². The Morgan fingerprint density at radius 3 is 2.58 bits per heavy atom. The van der Waals surface area contributed by atoms with Crippen molar-refractivity contribution in [2.24, 2.45) is 0 Å². The van der Waals surface area contributed by atoms with Crippen LogP contribution in [0.3, 0.4) is 0 Å². The summed E-state index contributed by atoms with van der Waals surface area (Å²) >= 11 is 3.28. The van der Waals surface area contributed by atoms with Crippen molar-refractivity contribution in [1.82, 2.24) is 5.32 Å². The maximum absolute atomic E-state index is 14.3. The lowest BCUT2D eigenvalue weighted by Gasteiger charge is -2.19. The molecule has 19 heavy (non-hydrogen) atoms. The van der Waals surface area contributed by atoms with E-state index >= 15 is 0 Å². The van der Waals surface area contributed by atoms with Crippen LogP contribution in [-0.2, 0) is 0 Å². The van der Waals surface area contributed by atoms with Gasteiger partial charge in [-0.1, -0.05) is 13.0 Å². The summed E-state index contributed by atoms with van der Waals surface area (Å²) in [6.45, 7) is 6.54. The van der Waals surface area contributed by atoms with Gasteiger partial charge in [0.1, 0.15) is 11.6 Å². The Balaban J connectivity index is 2.51. The van der Waals surface area contributed by atoms with Crippen molar-refractivity contribution in [2.75, 3.05) is 6.54 Å².